The third-order valence-corrected chi connectivity index (χ3v) is 4.15. The van der Waals surface area contributed by atoms with Crippen LogP contribution in [0.1, 0.15) is 25.8 Å². The van der Waals surface area contributed by atoms with E-state index in [1.165, 1.54) is 25.1 Å². The molecule has 0 bridgehead atoms. The number of rotatable bonds is 2. The van der Waals surface area contributed by atoms with Crippen molar-refractivity contribution in [1.29, 1.82) is 0 Å². The highest BCUT2D eigenvalue weighted by molar-refractivity contribution is 6.30. The Bertz CT molecular complexity index is 600. The Kier molecular flexibility index (Phi) is 4.02. The topological polar surface area (TPSA) is 41.5 Å². The van der Waals surface area contributed by atoms with Gasteiger partial charge in [0.05, 0.1) is 0 Å². The number of urea groups is 1. The van der Waals surface area contributed by atoms with E-state index in [0.29, 0.717) is 6.21 Å². The first-order valence-corrected chi connectivity index (χ1v) is 6.83. The molecule has 1 aliphatic heterocycles. The van der Waals surface area contributed by atoms with Crippen LogP contribution in [0.3, 0.4) is 0 Å². The lowest BCUT2D eigenvalue weighted by Crippen LogP contribution is -2.49. The van der Waals surface area contributed by atoms with Crippen molar-refractivity contribution >= 4 is 29.5 Å². The van der Waals surface area contributed by atoms with Crippen molar-refractivity contribution in [3.63, 3.8) is 0 Å². The normalized spacial score (nSPS) is 23.2. The van der Waals surface area contributed by atoms with Crippen LogP contribution in [0.5, 0.6) is 0 Å². The molecule has 1 aromatic rings. The summed E-state index contributed by atoms with van der Waals surface area (Å²) in [7, 11) is 0. The molecule has 0 fully saturated rings. The van der Waals surface area contributed by atoms with Gasteiger partial charge in [-0.2, -0.15) is 13.2 Å². The van der Waals surface area contributed by atoms with Gasteiger partial charge in [0.15, 0.2) is 0 Å². The number of benzene rings is 1. The average molecular weight is 319 g/mol. The molecule has 114 valence electrons. The number of carbonyl (C=O) groups is 1. The summed E-state index contributed by atoms with van der Waals surface area (Å²) < 4.78 is 41.6. The Hall–Kier alpha value is -1.56. The first kappa shape index (κ1) is 15.8. The molecule has 1 heterocycles. The molecule has 2 amide bonds. The van der Waals surface area contributed by atoms with E-state index >= 15 is 0 Å². The summed E-state index contributed by atoms with van der Waals surface area (Å²) in [6.07, 6.45) is -3.62. The number of alkyl halides is 3. The second-order valence-corrected chi connectivity index (χ2v) is 5.49. The molecule has 0 radical (unpaired) electrons. The third-order valence-electron chi connectivity index (χ3n) is 3.91. The van der Waals surface area contributed by atoms with Crippen LogP contribution >= 0.6 is 11.6 Å². The fraction of sp³-hybridized carbons (Fsp3) is 0.429. The molecule has 0 saturated carbocycles. The van der Waals surface area contributed by atoms with E-state index in [9.17, 15) is 18.0 Å². The number of hydrogen-bond acceptors (Lipinski definition) is 1. The van der Waals surface area contributed by atoms with Crippen LogP contribution in [-0.2, 0) is 5.41 Å². The number of hydrogen-bond donors (Lipinski definition) is 1. The zero-order chi connectivity index (χ0) is 15.8. The Morgan fingerprint density at radius 3 is 2.67 bits per heavy atom. The fourth-order valence-electron chi connectivity index (χ4n) is 2.57. The zero-order valence-corrected chi connectivity index (χ0v) is 12.2. The van der Waals surface area contributed by atoms with E-state index in [0.717, 1.165) is 0 Å². The number of nitrogens with zero attached hydrogens (tertiary/aromatic N) is 1. The summed E-state index contributed by atoms with van der Waals surface area (Å²) in [4.78, 5) is 15.0. The summed E-state index contributed by atoms with van der Waals surface area (Å²) in [6.45, 7) is 3.15. The molecule has 1 N–H and O–H groups in total. The van der Waals surface area contributed by atoms with E-state index < -0.39 is 23.5 Å². The Balaban J connectivity index is 2.83. The van der Waals surface area contributed by atoms with E-state index in [1.807, 2.05) is 0 Å². The van der Waals surface area contributed by atoms with Crippen LogP contribution in [0.2, 0.25) is 5.02 Å². The lowest BCUT2D eigenvalue weighted by molar-refractivity contribution is -0.180. The van der Waals surface area contributed by atoms with E-state index in [1.54, 1.807) is 6.92 Å². The van der Waals surface area contributed by atoms with Crippen molar-refractivity contribution in [3.05, 3.63) is 28.8 Å². The molecular weight excluding hydrogens is 305 g/mol. The van der Waals surface area contributed by atoms with Crippen molar-refractivity contribution < 1.29 is 18.0 Å². The van der Waals surface area contributed by atoms with Gasteiger partial charge in [-0.25, -0.2) is 9.79 Å². The van der Waals surface area contributed by atoms with Crippen LogP contribution in [0.4, 0.5) is 23.7 Å². The number of amides is 2. The molecule has 0 saturated heterocycles. The van der Waals surface area contributed by atoms with E-state index in [4.69, 9.17) is 11.6 Å². The second-order valence-electron chi connectivity index (χ2n) is 5.05. The molecule has 2 rings (SSSR count). The molecule has 7 heteroatoms. The van der Waals surface area contributed by atoms with Crippen LogP contribution in [0.25, 0.3) is 0 Å². The van der Waals surface area contributed by atoms with Crippen molar-refractivity contribution in [2.75, 3.05) is 5.32 Å². The van der Waals surface area contributed by atoms with Crippen LogP contribution < -0.4 is 5.32 Å². The van der Waals surface area contributed by atoms with Crippen LogP contribution in [-0.4, -0.2) is 18.4 Å². The second kappa shape index (κ2) is 5.33. The first-order chi connectivity index (χ1) is 9.72. The fourth-order valence-corrected chi connectivity index (χ4v) is 2.74. The van der Waals surface area contributed by atoms with Gasteiger partial charge >= 0.3 is 12.2 Å². The van der Waals surface area contributed by atoms with E-state index in [-0.39, 0.29) is 22.7 Å². The predicted octanol–water partition coefficient (Wildman–Crippen LogP) is 4.80. The summed E-state index contributed by atoms with van der Waals surface area (Å²) in [5.74, 6) is -0.800. The SMILES string of the molecule is CCC(C)[C@]1(C(F)(F)F)C=NC(=O)Nc2ccc(Cl)cc21. The zero-order valence-electron chi connectivity index (χ0n) is 11.5. The minimum Gasteiger partial charge on any atom is -0.306 e. The number of nitrogens with one attached hydrogen (secondary N) is 1. The highest BCUT2D eigenvalue weighted by Crippen LogP contribution is 2.50. The molecule has 1 unspecified atom stereocenters. The van der Waals surface area contributed by atoms with Gasteiger partial charge in [0, 0.05) is 16.9 Å². The molecule has 2 atom stereocenters. The van der Waals surface area contributed by atoms with Gasteiger partial charge in [0.2, 0.25) is 0 Å². The smallest absolute Gasteiger partial charge is 0.306 e. The Labute approximate surface area is 125 Å². The molecule has 1 aliphatic rings. The van der Waals surface area contributed by atoms with Gasteiger partial charge in [-0.1, -0.05) is 31.9 Å². The standard InChI is InChI=1S/C14H14ClF3N2O/c1-3-8(2)13(14(16,17)18)7-19-12(21)20-11-5-4-9(15)6-10(11)13/h4-8H,3H2,1-2H3,(H,20,21)/t8?,13-/m1/s1. The maximum Gasteiger partial charge on any atom is 0.403 e. The van der Waals surface area contributed by atoms with Crippen molar-refractivity contribution in [1.82, 2.24) is 0 Å². The third kappa shape index (κ3) is 2.52. The van der Waals surface area contributed by atoms with Gasteiger partial charge in [-0.15, -0.1) is 0 Å². The van der Waals surface area contributed by atoms with Crippen molar-refractivity contribution in [2.24, 2.45) is 10.9 Å². The molecular formula is C14H14ClF3N2O. The summed E-state index contributed by atoms with van der Waals surface area (Å²) >= 11 is 5.87. The maximum atomic E-state index is 13.9. The van der Waals surface area contributed by atoms with Crippen LogP contribution in [0.15, 0.2) is 23.2 Å². The quantitative estimate of drug-likeness (QED) is 0.836. The number of anilines is 1. The molecule has 0 aliphatic carbocycles. The largest absolute Gasteiger partial charge is 0.403 e. The summed E-state index contributed by atoms with van der Waals surface area (Å²) in [6, 6.07) is 3.22. The van der Waals surface area contributed by atoms with Gasteiger partial charge < -0.3 is 5.32 Å². The highest BCUT2D eigenvalue weighted by atomic mass is 35.5. The summed E-state index contributed by atoms with van der Waals surface area (Å²) in [5, 5.41) is 2.54. The minimum absolute atomic E-state index is 0.0774. The average Bonchev–Trinajstić information content (AvgIpc) is 2.54. The number of carbonyl (C=O) groups excluding carboxylic acids is 1. The van der Waals surface area contributed by atoms with Gasteiger partial charge in [-0.05, 0) is 29.7 Å². The molecule has 1 aromatic carbocycles. The minimum atomic E-state index is -4.60. The van der Waals surface area contributed by atoms with Crippen molar-refractivity contribution in [2.45, 2.75) is 31.9 Å². The lowest BCUT2D eigenvalue weighted by atomic mass is 9.69. The number of aliphatic imine (C=N–C) groups is 1. The Morgan fingerprint density at radius 1 is 1.43 bits per heavy atom. The van der Waals surface area contributed by atoms with Gasteiger partial charge in [0.1, 0.15) is 5.41 Å². The van der Waals surface area contributed by atoms with Gasteiger partial charge in [-0.3, -0.25) is 0 Å². The molecule has 21 heavy (non-hydrogen) atoms. The monoisotopic (exact) mass is 318 g/mol. The van der Waals surface area contributed by atoms with Crippen LogP contribution in [0, 0.1) is 5.92 Å². The number of halogens is 4. The van der Waals surface area contributed by atoms with Gasteiger partial charge in [0.25, 0.3) is 0 Å². The summed E-state index contributed by atoms with van der Waals surface area (Å²) in [5.41, 5.74) is -2.34. The molecule has 0 aromatic heterocycles. The number of fused-ring (bicyclic) bond motifs is 1. The predicted molar refractivity (Wildman–Crippen MR) is 76.2 cm³/mol. The first-order valence-electron chi connectivity index (χ1n) is 6.45. The van der Waals surface area contributed by atoms with Crippen molar-refractivity contribution in [3.8, 4) is 0 Å². The molecule has 3 nitrogen and oxygen atoms in total. The Morgan fingerprint density at radius 2 is 2.10 bits per heavy atom. The highest BCUT2D eigenvalue weighted by Gasteiger charge is 2.59. The maximum absolute atomic E-state index is 13.9. The molecule has 0 spiro atoms. The van der Waals surface area contributed by atoms with E-state index in [2.05, 4.69) is 10.3 Å². The lowest BCUT2D eigenvalue weighted by Gasteiger charge is -2.38.